The second kappa shape index (κ2) is 4.53. The fraction of sp³-hybridized carbons (Fsp3) is 0.0714. The quantitative estimate of drug-likeness (QED) is 0.775. The lowest BCUT2D eigenvalue weighted by Gasteiger charge is -2.05. The third-order valence-corrected chi connectivity index (χ3v) is 2.92. The SMILES string of the molecule is O=C(O)Cc1ccc(-n2cnc3cnccc32)cc1. The Morgan fingerprint density at radius 2 is 2.00 bits per heavy atom. The first-order chi connectivity index (χ1) is 9.24. The monoisotopic (exact) mass is 253 g/mol. The molecule has 5 nitrogen and oxygen atoms in total. The van der Waals surface area contributed by atoms with Gasteiger partial charge < -0.3 is 5.11 Å². The molecule has 0 fully saturated rings. The summed E-state index contributed by atoms with van der Waals surface area (Å²) in [5.41, 5.74) is 3.53. The first-order valence-electron chi connectivity index (χ1n) is 5.82. The van der Waals surface area contributed by atoms with Gasteiger partial charge in [-0.05, 0) is 23.8 Å². The molecule has 0 radical (unpaired) electrons. The van der Waals surface area contributed by atoms with Gasteiger partial charge in [0.2, 0.25) is 0 Å². The molecule has 94 valence electrons. The van der Waals surface area contributed by atoms with E-state index in [1.165, 1.54) is 0 Å². The molecule has 2 aromatic heterocycles. The van der Waals surface area contributed by atoms with Crippen molar-refractivity contribution in [3.05, 3.63) is 54.6 Å². The van der Waals surface area contributed by atoms with Crippen molar-refractivity contribution in [1.29, 1.82) is 0 Å². The van der Waals surface area contributed by atoms with Crippen LogP contribution in [0, 0.1) is 0 Å². The van der Waals surface area contributed by atoms with Gasteiger partial charge >= 0.3 is 5.97 Å². The van der Waals surface area contributed by atoms with Gasteiger partial charge in [-0.3, -0.25) is 14.3 Å². The third-order valence-electron chi connectivity index (χ3n) is 2.92. The lowest BCUT2D eigenvalue weighted by atomic mass is 10.1. The van der Waals surface area contributed by atoms with E-state index in [1.54, 1.807) is 18.7 Å². The average Bonchev–Trinajstić information content (AvgIpc) is 2.83. The van der Waals surface area contributed by atoms with Gasteiger partial charge in [0.25, 0.3) is 0 Å². The number of aromatic nitrogens is 3. The molecular formula is C14H11N3O2. The van der Waals surface area contributed by atoms with Gasteiger partial charge in [-0.2, -0.15) is 0 Å². The first-order valence-corrected chi connectivity index (χ1v) is 5.82. The number of hydrogen-bond acceptors (Lipinski definition) is 3. The maximum Gasteiger partial charge on any atom is 0.307 e. The molecule has 0 amide bonds. The van der Waals surface area contributed by atoms with Crippen molar-refractivity contribution in [2.45, 2.75) is 6.42 Å². The number of nitrogens with zero attached hydrogens (tertiary/aromatic N) is 3. The van der Waals surface area contributed by atoms with Crippen LogP contribution in [0.15, 0.2) is 49.1 Å². The topological polar surface area (TPSA) is 68.0 Å². The highest BCUT2D eigenvalue weighted by molar-refractivity contribution is 5.76. The summed E-state index contributed by atoms with van der Waals surface area (Å²) in [6.07, 6.45) is 5.21. The van der Waals surface area contributed by atoms with E-state index in [4.69, 9.17) is 5.11 Å². The van der Waals surface area contributed by atoms with E-state index < -0.39 is 5.97 Å². The highest BCUT2D eigenvalue weighted by Gasteiger charge is 2.05. The van der Waals surface area contributed by atoms with Crippen LogP contribution in [0.25, 0.3) is 16.7 Å². The Balaban J connectivity index is 2.00. The molecule has 0 unspecified atom stereocenters. The van der Waals surface area contributed by atoms with Crippen molar-refractivity contribution >= 4 is 17.0 Å². The number of fused-ring (bicyclic) bond motifs is 1. The Morgan fingerprint density at radius 1 is 1.21 bits per heavy atom. The summed E-state index contributed by atoms with van der Waals surface area (Å²) in [4.78, 5) is 18.9. The van der Waals surface area contributed by atoms with Gasteiger partial charge in [0.1, 0.15) is 11.8 Å². The summed E-state index contributed by atoms with van der Waals surface area (Å²) in [5.74, 6) is -0.827. The molecular weight excluding hydrogens is 242 g/mol. The Morgan fingerprint density at radius 3 is 2.74 bits per heavy atom. The minimum atomic E-state index is -0.827. The number of carboxylic acid groups (broad SMARTS) is 1. The standard InChI is InChI=1S/C14H11N3O2/c18-14(19)7-10-1-3-11(4-2-10)17-9-16-12-8-15-6-5-13(12)17/h1-6,8-9H,7H2,(H,18,19). The lowest BCUT2D eigenvalue weighted by molar-refractivity contribution is -0.136. The summed E-state index contributed by atoms with van der Waals surface area (Å²) in [5, 5.41) is 8.74. The largest absolute Gasteiger partial charge is 0.481 e. The molecule has 0 aliphatic rings. The van der Waals surface area contributed by atoms with E-state index in [0.29, 0.717) is 0 Å². The van der Waals surface area contributed by atoms with E-state index in [-0.39, 0.29) is 6.42 Å². The maximum absolute atomic E-state index is 10.6. The van der Waals surface area contributed by atoms with Crippen molar-refractivity contribution in [3.63, 3.8) is 0 Å². The predicted molar refractivity (Wildman–Crippen MR) is 70.2 cm³/mol. The number of carbonyl (C=O) groups is 1. The molecule has 1 N–H and O–H groups in total. The number of hydrogen-bond donors (Lipinski definition) is 1. The predicted octanol–water partition coefficient (Wildman–Crippen LogP) is 2.05. The van der Waals surface area contributed by atoms with E-state index in [0.717, 1.165) is 22.3 Å². The zero-order valence-corrected chi connectivity index (χ0v) is 10.0. The third kappa shape index (κ3) is 2.18. The molecule has 19 heavy (non-hydrogen) atoms. The second-order valence-corrected chi connectivity index (χ2v) is 4.22. The molecule has 0 aliphatic heterocycles. The summed E-state index contributed by atoms with van der Waals surface area (Å²) >= 11 is 0. The molecule has 0 bridgehead atoms. The smallest absolute Gasteiger partial charge is 0.307 e. The van der Waals surface area contributed by atoms with Crippen LogP contribution in [0.3, 0.4) is 0 Å². The summed E-state index contributed by atoms with van der Waals surface area (Å²) in [7, 11) is 0. The fourth-order valence-corrected chi connectivity index (χ4v) is 2.02. The minimum Gasteiger partial charge on any atom is -0.481 e. The summed E-state index contributed by atoms with van der Waals surface area (Å²) in [6.45, 7) is 0. The molecule has 1 aromatic carbocycles. The van der Waals surface area contributed by atoms with Crippen LogP contribution in [0.4, 0.5) is 0 Å². The molecule has 0 spiro atoms. The van der Waals surface area contributed by atoms with Gasteiger partial charge in [0.15, 0.2) is 0 Å². The van der Waals surface area contributed by atoms with Crippen molar-refractivity contribution in [2.24, 2.45) is 0 Å². The first kappa shape index (κ1) is 11.4. The Kier molecular flexibility index (Phi) is 2.72. The molecule has 0 atom stereocenters. The number of carboxylic acids is 1. The van der Waals surface area contributed by atoms with Gasteiger partial charge in [-0.15, -0.1) is 0 Å². The molecule has 0 saturated carbocycles. The number of imidazole rings is 1. The number of aliphatic carboxylic acids is 1. The summed E-state index contributed by atoms with van der Waals surface area (Å²) < 4.78 is 1.95. The van der Waals surface area contributed by atoms with Crippen molar-refractivity contribution in [3.8, 4) is 5.69 Å². The number of rotatable bonds is 3. The van der Waals surface area contributed by atoms with E-state index in [9.17, 15) is 4.79 Å². The van der Waals surface area contributed by atoms with Crippen LogP contribution in [0.5, 0.6) is 0 Å². The van der Waals surface area contributed by atoms with Gasteiger partial charge in [0.05, 0.1) is 18.1 Å². The van der Waals surface area contributed by atoms with Crippen molar-refractivity contribution < 1.29 is 9.90 Å². The van der Waals surface area contributed by atoms with Crippen molar-refractivity contribution in [2.75, 3.05) is 0 Å². The lowest BCUT2D eigenvalue weighted by Crippen LogP contribution is -2.00. The number of pyridine rings is 1. The Hall–Kier alpha value is -2.69. The fourth-order valence-electron chi connectivity index (χ4n) is 2.02. The maximum atomic E-state index is 10.6. The second-order valence-electron chi connectivity index (χ2n) is 4.22. The Labute approximate surface area is 109 Å². The zero-order chi connectivity index (χ0) is 13.2. The molecule has 5 heteroatoms. The van der Waals surface area contributed by atoms with E-state index in [2.05, 4.69) is 9.97 Å². The van der Waals surface area contributed by atoms with Crippen LogP contribution >= 0.6 is 0 Å². The molecule has 0 aliphatic carbocycles. The van der Waals surface area contributed by atoms with Crippen LogP contribution < -0.4 is 0 Å². The van der Waals surface area contributed by atoms with E-state index in [1.807, 2.05) is 34.9 Å². The van der Waals surface area contributed by atoms with Gasteiger partial charge in [-0.25, -0.2) is 4.98 Å². The Bertz CT molecular complexity index is 732. The number of benzene rings is 1. The highest BCUT2D eigenvalue weighted by Crippen LogP contribution is 2.17. The highest BCUT2D eigenvalue weighted by atomic mass is 16.4. The summed E-state index contributed by atoms with van der Waals surface area (Å²) in [6, 6.07) is 9.31. The average molecular weight is 253 g/mol. The van der Waals surface area contributed by atoms with Crippen LogP contribution in [0.1, 0.15) is 5.56 Å². The zero-order valence-electron chi connectivity index (χ0n) is 10.0. The molecule has 3 rings (SSSR count). The molecule has 0 saturated heterocycles. The van der Waals surface area contributed by atoms with E-state index >= 15 is 0 Å². The normalized spacial score (nSPS) is 10.7. The van der Waals surface area contributed by atoms with Crippen LogP contribution in [0.2, 0.25) is 0 Å². The van der Waals surface area contributed by atoms with Gasteiger partial charge in [0, 0.05) is 11.9 Å². The van der Waals surface area contributed by atoms with Crippen molar-refractivity contribution in [1.82, 2.24) is 14.5 Å². The van der Waals surface area contributed by atoms with Crippen LogP contribution in [-0.2, 0) is 11.2 Å². The molecule has 3 aromatic rings. The van der Waals surface area contributed by atoms with Gasteiger partial charge in [-0.1, -0.05) is 12.1 Å². The molecule has 2 heterocycles. The van der Waals surface area contributed by atoms with Crippen LogP contribution in [-0.4, -0.2) is 25.6 Å². The minimum absolute atomic E-state index is 0.0366.